The molecule has 0 spiro atoms. The molecule has 9 nitrogen and oxygen atoms in total. The van der Waals surface area contributed by atoms with Crippen molar-refractivity contribution in [1.82, 2.24) is 25.2 Å². The van der Waals surface area contributed by atoms with Gasteiger partial charge in [0.25, 0.3) is 11.8 Å². The molecule has 3 heterocycles. The maximum atomic E-state index is 13.6. The van der Waals surface area contributed by atoms with Crippen molar-refractivity contribution in [3.05, 3.63) is 94.2 Å². The summed E-state index contributed by atoms with van der Waals surface area (Å²) in [6, 6.07) is 12.8. The summed E-state index contributed by atoms with van der Waals surface area (Å²) in [7, 11) is 0. The van der Waals surface area contributed by atoms with E-state index in [4.69, 9.17) is 4.74 Å². The van der Waals surface area contributed by atoms with E-state index in [1.165, 1.54) is 28.9 Å². The van der Waals surface area contributed by atoms with Gasteiger partial charge in [-0.1, -0.05) is 12.1 Å². The highest BCUT2D eigenvalue weighted by atomic mass is 19.1. The fourth-order valence-electron chi connectivity index (χ4n) is 4.88. The average molecular weight is 500 g/mol. The number of nitrogens with zero attached hydrogens (tertiary/aromatic N) is 3. The van der Waals surface area contributed by atoms with Crippen LogP contribution >= 0.6 is 0 Å². The van der Waals surface area contributed by atoms with Crippen LogP contribution in [-0.2, 0) is 24.2 Å². The van der Waals surface area contributed by atoms with Crippen LogP contribution in [0.3, 0.4) is 0 Å². The fraction of sp³-hybridized carbons (Fsp3) is 0.222. The van der Waals surface area contributed by atoms with Crippen molar-refractivity contribution in [1.29, 1.82) is 0 Å². The first kappa shape index (κ1) is 22.8. The molecule has 1 unspecified atom stereocenters. The number of hydrogen-bond acceptors (Lipinski definition) is 6. The van der Waals surface area contributed by atoms with Crippen molar-refractivity contribution >= 4 is 23.2 Å². The van der Waals surface area contributed by atoms with Crippen LogP contribution in [0.25, 0.3) is 5.65 Å². The second kappa shape index (κ2) is 9.12. The minimum atomic E-state index is -0.454. The van der Waals surface area contributed by atoms with Crippen LogP contribution in [0.4, 0.5) is 4.39 Å². The highest BCUT2D eigenvalue weighted by Gasteiger charge is 2.26. The average Bonchev–Trinajstić information content (AvgIpc) is 3.53. The fourth-order valence-corrected chi connectivity index (χ4v) is 4.88. The summed E-state index contributed by atoms with van der Waals surface area (Å²) < 4.78 is 20.4. The number of benzene rings is 2. The van der Waals surface area contributed by atoms with Gasteiger partial charge in [0.1, 0.15) is 29.6 Å². The Morgan fingerprint density at radius 2 is 1.97 bits per heavy atom. The van der Waals surface area contributed by atoms with Gasteiger partial charge in [-0.15, -0.1) is 0 Å². The minimum Gasteiger partial charge on any atom is -0.486 e. The summed E-state index contributed by atoms with van der Waals surface area (Å²) in [5.41, 5.74) is 3.96. The van der Waals surface area contributed by atoms with Crippen molar-refractivity contribution < 1.29 is 23.5 Å². The molecule has 2 aromatic heterocycles. The molecule has 1 aliphatic heterocycles. The third kappa shape index (κ3) is 4.42. The maximum absolute atomic E-state index is 13.6. The van der Waals surface area contributed by atoms with E-state index in [-0.39, 0.29) is 42.2 Å². The van der Waals surface area contributed by atoms with Gasteiger partial charge in [0, 0.05) is 30.7 Å². The van der Waals surface area contributed by atoms with Gasteiger partial charge in [-0.05, 0) is 53.8 Å². The minimum absolute atomic E-state index is 0.00561. The lowest BCUT2D eigenvalue weighted by Crippen LogP contribution is -2.30. The Bertz CT molecular complexity index is 1580. The third-order valence-electron chi connectivity index (χ3n) is 6.67. The molecule has 186 valence electrons. The van der Waals surface area contributed by atoms with E-state index in [1.807, 2.05) is 12.1 Å². The molecule has 2 aromatic carbocycles. The predicted molar refractivity (Wildman–Crippen MR) is 130 cm³/mol. The zero-order valence-electron chi connectivity index (χ0n) is 19.7. The Morgan fingerprint density at radius 1 is 1.08 bits per heavy atom. The van der Waals surface area contributed by atoms with Gasteiger partial charge in [0.15, 0.2) is 11.4 Å². The highest BCUT2D eigenvalue weighted by Crippen LogP contribution is 2.32. The number of aromatic nitrogens is 3. The van der Waals surface area contributed by atoms with Gasteiger partial charge < -0.3 is 15.4 Å². The predicted octanol–water partition coefficient (Wildman–Crippen LogP) is 2.72. The Balaban J connectivity index is 1.20. The molecule has 1 aliphatic carbocycles. The maximum Gasteiger partial charge on any atom is 0.270 e. The summed E-state index contributed by atoms with van der Waals surface area (Å²) >= 11 is 0. The summed E-state index contributed by atoms with van der Waals surface area (Å²) in [5.74, 6) is -0.485. The number of Topliss-reactive ketones (excluding diaryl/α,β-unsaturated/α-hetero) is 1. The van der Waals surface area contributed by atoms with E-state index in [0.29, 0.717) is 30.7 Å². The van der Waals surface area contributed by atoms with E-state index >= 15 is 0 Å². The topological polar surface area (TPSA) is 115 Å². The number of carbonyl (C=O) groups is 3. The number of nitrogens with one attached hydrogen (secondary N) is 2. The van der Waals surface area contributed by atoms with Crippen LogP contribution in [0, 0.1) is 5.82 Å². The number of aryl methyl sites for hydroxylation is 1. The lowest BCUT2D eigenvalue weighted by atomic mass is 10.0. The lowest BCUT2D eigenvalue weighted by Gasteiger charge is -2.17. The molecule has 2 aliphatic rings. The second-order valence-electron chi connectivity index (χ2n) is 9.16. The molecular weight excluding hydrogens is 477 g/mol. The van der Waals surface area contributed by atoms with Crippen LogP contribution in [0.15, 0.2) is 54.7 Å². The van der Waals surface area contributed by atoms with Gasteiger partial charge in [-0.25, -0.2) is 13.9 Å². The Hall–Kier alpha value is -4.60. The van der Waals surface area contributed by atoms with Crippen molar-refractivity contribution in [2.75, 3.05) is 6.61 Å². The van der Waals surface area contributed by atoms with Gasteiger partial charge in [0.2, 0.25) is 0 Å². The Labute approximate surface area is 210 Å². The van der Waals surface area contributed by atoms with E-state index < -0.39 is 11.8 Å². The van der Waals surface area contributed by atoms with Crippen molar-refractivity contribution in [3.63, 3.8) is 0 Å². The Kier molecular flexibility index (Phi) is 5.63. The van der Waals surface area contributed by atoms with Crippen LogP contribution < -0.4 is 15.4 Å². The van der Waals surface area contributed by atoms with Crippen LogP contribution in [-0.4, -0.2) is 38.8 Å². The number of rotatable bonds is 5. The molecule has 2 amide bonds. The summed E-state index contributed by atoms with van der Waals surface area (Å²) in [4.78, 5) is 42.3. The normalized spacial score (nSPS) is 16.1. The molecule has 10 heteroatoms. The van der Waals surface area contributed by atoms with Crippen molar-refractivity contribution in [2.24, 2.45) is 0 Å². The molecule has 1 atom stereocenters. The van der Waals surface area contributed by atoms with E-state index in [0.717, 1.165) is 22.3 Å². The summed E-state index contributed by atoms with van der Waals surface area (Å²) in [6.45, 7) is 0.289. The highest BCUT2D eigenvalue weighted by molar-refractivity contribution is 5.98. The van der Waals surface area contributed by atoms with Gasteiger partial charge >= 0.3 is 0 Å². The number of carbonyl (C=O) groups excluding carboxylic acids is 3. The zero-order chi connectivity index (χ0) is 25.5. The lowest BCUT2D eigenvalue weighted by molar-refractivity contribution is -0.121. The van der Waals surface area contributed by atoms with Crippen LogP contribution in [0.1, 0.15) is 55.7 Å². The van der Waals surface area contributed by atoms with Crippen LogP contribution in [0.5, 0.6) is 5.75 Å². The third-order valence-corrected chi connectivity index (χ3v) is 6.67. The standard InChI is InChI=1S/C27H22FN5O4/c28-18-3-4-20-16(10-18)2-5-21(20)32-27(36)23-12-22(31-25-7-8-30-33(23)25)26(35)29-13-15-1-6-24-17(9-15)11-19(34)14-37-24/h1,3-4,6-10,12,21H,2,5,11,13-14H2,(H,29,35)(H,32,36). The van der Waals surface area contributed by atoms with E-state index in [1.54, 1.807) is 18.2 Å². The number of ether oxygens (including phenoxy) is 1. The molecule has 4 aromatic rings. The number of halogens is 1. The molecule has 0 saturated heterocycles. The molecule has 0 saturated carbocycles. The van der Waals surface area contributed by atoms with Crippen LogP contribution in [0.2, 0.25) is 0 Å². The van der Waals surface area contributed by atoms with Gasteiger partial charge in [-0.3, -0.25) is 14.4 Å². The molecule has 6 rings (SSSR count). The number of amides is 2. The monoisotopic (exact) mass is 499 g/mol. The zero-order valence-corrected chi connectivity index (χ0v) is 19.7. The molecule has 2 N–H and O–H groups in total. The molecule has 37 heavy (non-hydrogen) atoms. The Morgan fingerprint density at radius 3 is 2.86 bits per heavy atom. The first-order valence-electron chi connectivity index (χ1n) is 11.9. The number of ketones is 1. The quantitative estimate of drug-likeness (QED) is 0.437. The number of fused-ring (bicyclic) bond motifs is 3. The SMILES string of the molecule is O=C1COc2ccc(CNC(=O)c3cc(C(=O)NC4CCc5cc(F)ccc54)n4nccc4n3)cc2C1. The van der Waals surface area contributed by atoms with Gasteiger partial charge in [-0.2, -0.15) is 5.10 Å². The second-order valence-corrected chi connectivity index (χ2v) is 9.16. The first-order chi connectivity index (χ1) is 17.9. The summed E-state index contributed by atoms with van der Waals surface area (Å²) in [6.07, 6.45) is 3.13. The molecular formula is C27H22FN5O4. The molecule has 0 radical (unpaired) electrons. The van der Waals surface area contributed by atoms with Crippen molar-refractivity contribution in [2.45, 2.75) is 31.8 Å². The first-order valence-corrected chi connectivity index (χ1v) is 11.9. The summed E-state index contributed by atoms with van der Waals surface area (Å²) in [5, 5.41) is 10.00. The molecule has 0 bridgehead atoms. The van der Waals surface area contributed by atoms with E-state index in [2.05, 4.69) is 20.7 Å². The smallest absolute Gasteiger partial charge is 0.270 e. The van der Waals surface area contributed by atoms with Gasteiger partial charge in [0.05, 0.1) is 12.2 Å². The number of hydrogen-bond donors (Lipinski definition) is 2. The van der Waals surface area contributed by atoms with Crippen molar-refractivity contribution in [3.8, 4) is 5.75 Å². The molecule has 0 fully saturated rings. The largest absolute Gasteiger partial charge is 0.486 e. The van der Waals surface area contributed by atoms with E-state index in [9.17, 15) is 18.8 Å².